The highest BCUT2D eigenvalue weighted by atomic mass is 35.5. The Kier molecular flexibility index (Phi) is 3.80. The normalized spacial score (nSPS) is 18.9. The second-order valence-corrected chi connectivity index (χ2v) is 4.69. The van der Waals surface area contributed by atoms with Crippen molar-refractivity contribution in [2.45, 2.75) is 25.8 Å². The zero-order valence-electron chi connectivity index (χ0n) is 10.2. The molecule has 0 aromatic carbocycles. The maximum atomic E-state index is 12.0. The molecular weight excluding hydrogens is 270 g/mol. The van der Waals surface area contributed by atoms with Crippen LogP contribution in [0.25, 0.3) is 0 Å². The molecule has 1 fully saturated rings. The lowest BCUT2D eigenvalue weighted by molar-refractivity contribution is -0.134. The zero-order chi connectivity index (χ0) is 14.0. The number of rotatable bonds is 2. The van der Waals surface area contributed by atoms with E-state index in [0.717, 1.165) is 0 Å². The van der Waals surface area contributed by atoms with Crippen molar-refractivity contribution in [2.75, 3.05) is 0 Å². The first-order valence-electron chi connectivity index (χ1n) is 5.74. The Morgan fingerprint density at radius 2 is 2.26 bits per heavy atom. The van der Waals surface area contributed by atoms with Crippen molar-refractivity contribution in [3.05, 3.63) is 28.5 Å². The maximum absolute atomic E-state index is 12.0. The second-order valence-electron chi connectivity index (χ2n) is 4.28. The van der Waals surface area contributed by atoms with Gasteiger partial charge in [-0.2, -0.15) is 0 Å². The molecule has 0 saturated carbocycles. The maximum Gasteiger partial charge on any atom is 0.255 e. The molecule has 100 valence electrons. The minimum Gasteiger partial charge on any atom is -0.340 e. The number of imide groups is 1. The van der Waals surface area contributed by atoms with Gasteiger partial charge in [0.1, 0.15) is 6.04 Å². The van der Waals surface area contributed by atoms with Gasteiger partial charge in [-0.05, 0) is 19.4 Å². The van der Waals surface area contributed by atoms with Crippen LogP contribution in [0.5, 0.6) is 0 Å². The molecule has 0 bridgehead atoms. The third-order valence-corrected chi connectivity index (χ3v) is 3.09. The van der Waals surface area contributed by atoms with Gasteiger partial charge < -0.3 is 5.32 Å². The molecule has 2 rings (SSSR count). The number of hydrogen-bond donors (Lipinski definition) is 2. The summed E-state index contributed by atoms with van der Waals surface area (Å²) in [7, 11) is 0. The number of pyridine rings is 1. The number of piperidine rings is 1. The Hall–Kier alpha value is -1.95. The van der Waals surface area contributed by atoms with E-state index in [-0.39, 0.29) is 29.3 Å². The number of carbonyl (C=O) groups excluding carboxylic acids is 3. The third kappa shape index (κ3) is 3.08. The molecule has 1 unspecified atom stereocenters. The molecule has 0 aliphatic carbocycles. The SMILES string of the molecule is Cc1cc(Cl)c(C(=O)NC2CCC(=O)NC2=O)cn1. The minimum absolute atomic E-state index is 0.205. The molecule has 2 heterocycles. The summed E-state index contributed by atoms with van der Waals surface area (Å²) in [6.45, 7) is 1.76. The summed E-state index contributed by atoms with van der Waals surface area (Å²) >= 11 is 5.95. The van der Waals surface area contributed by atoms with E-state index in [2.05, 4.69) is 15.6 Å². The lowest BCUT2D eigenvalue weighted by Gasteiger charge is -2.21. The summed E-state index contributed by atoms with van der Waals surface area (Å²) in [5.74, 6) is -1.31. The number of nitrogens with one attached hydrogen (secondary N) is 2. The Bertz CT molecular complexity index is 559. The molecule has 1 aliphatic heterocycles. The molecule has 2 N–H and O–H groups in total. The van der Waals surface area contributed by atoms with Gasteiger partial charge in [-0.15, -0.1) is 0 Å². The van der Waals surface area contributed by atoms with E-state index in [1.807, 2.05) is 0 Å². The summed E-state index contributed by atoms with van der Waals surface area (Å²) in [5, 5.41) is 4.98. The first kappa shape index (κ1) is 13.5. The van der Waals surface area contributed by atoms with Crippen LogP contribution in [0.2, 0.25) is 5.02 Å². The molecule has 19 heavy (non-hydrogen) atoms. The van der Waals surface area contributed by atoms with Crippen molar-refractivity contribution in [3.8, 4) is 0 Å². The smallest absolute Gasteiger partial charge is 0.255 e. The highest BCUT2D eigenvalue weighted by molar-refractivity contribution is 6.33. The summed E-state index contributed by atoms with van der Waals surface area (Å²) in [6, 6.07) is 0.851. The van der Waals surface area contributed by atoms with Crippen LogP contribution in [0.15, 0.2) is 12.3 Å². The molecule has 3 amide bonds. The molecule has 0 spiro atoms. The van der Waals surface area contributed by atoms with Gasteiger partial charge in [0.05, 0.1) is 10.6 Å². The van der Waals surface area contributed by atoms with Crippen LogP contribution < -0.4 is 10.6 Å². The first-order chi connectivity index (χ1) is 8.97. The molecule has 1 aliphatic rings. The first-order valence-corrected chi connectivity index (χ1v) is 6.12. The van der Waals surface area contributed by atoms with Gasteiger partial charge in [-0.1, -0.05) is 11.6 Å². The summed E-state index contributed by atoms with van der Waals surface area (Å²) in [6.07, 6.45) is 1.85. The van der Waals surface area contributed by atoms with Crippen LogP contribution in [0, 0.1) is 6.92 Å². The molecule has 1 saturated heterocycles. The fourth-order valence-corrected chi connectivity index (χ4v) is 2.05. The van der Waals surface area contributed by atoms with Crippen molar-refractivity contribution in [1.82, 2.24) is 15.6 Å². The molecule has 1 atom stereocenters. The number of carbonyl (C=O) groups is 3. The monoisotopic (exact) mass is 281 g/mol. The van der Waals surface area contributed by atoms with Gasteiger partial charge in [-0.25, -0.2) is 0 Å². The average Bonchev–Trinajstić information content (AvgIpc) is 2.32. The van der Waals surface area contributed by atoms with Gasteiger partial charge >= 0.3 is 0 Å². The van der Waals surface area contributed by atoms with Crippen molar-refractivity contribution >= 4 is 29.3 Å². The molecule has 6 nitrogen and oxygen atoms in total. The molecular formula is C12H12ClN3O3. The predicted octanol–water partition coefficient (Wildman–Crippen LogP) is 0.578. The number of aryl methyl sites for hydroxylation is 1. The van der Waals surface area contributed by atoms with Gasteiger partial charge in [0.2, 0.25) is 11.8 Å². The highest BCUT2D eigenvalue weighted by Crippen LogP contribution is 2.16. The number of hydrogen-bond acceptors (Lipinski definition) is 4. The van der Waals surface area contributed by atoms with E-state index in [4.69, 9.17) is 11.6 Å². The Labute approximate surface area is 114 Å². The minimum atomic E-state index is -0.720. The second kappa shape index (κ2) is 5.36. The topological polar surface area (TPSA) is 88.2 Å². The largest absolute Gasteiger partial charge is 0.340 e. The predicted molar refractivity (Wildman–Crippen MR) is 67.6 cm³/mol. The highest BCUT2D eigenvalue weighted by Gasteiger charge is 2.28. The van der Waals surface area contributed by atoms with E-state index in [1.165, 1.54) is 6.20 Å². The van der Waals surface area contributed by atoms with Crippen molar-refractivity contribution < 1.29 is 14.4 Å². The van der Waals surface area contributed by atoms with Crippen molar-refractivity contribution in [1.29, 1.82) is 0 Å². The van der Waals surface area contributed by atoms with E-state index < -0.39 is 17.9 Å². The van der Waals surface area contributed by atoms with Gasteiger partial charge in [-0.3, -0.25) is 24.7 Å². The van der Waals surface area contributed by atoms with Crippen LogP contribution in [0.1, 0.15) is 28.9 Å². The van der Waals surface area contributed by atoms with Crippen LogP contribution in [0.4, 0.5) is 0 Å². The zero-order valence-corrected chi connectivity index (χ0v) is 11.0. The van der Waals surface area contributed by atoms with Crippen molar-refractivity contribution in [2.24, 2.45) is 0 Å². The van der Waals surface area contributed by atoms with Crippen LogP contribution in [-0.2, 0) is 9.59 Å². The Morgan fingerprint density at radius 1 is 1.53 bits per heavy atom. The van der Waals surface area contributed by atoms with Gasteiger partial charge in [0.15, 0.2) is 0 Å². The average molecular weight is 282 g/mol. The van der Waals surface area contributed by atoms with Gasteiger partial charge in [0, 0.05) is 18.3 Å². The van der Waals surface area contributed by atoms with E-state index >= 15 is 0 Å². The van der Waals surface area contributed by atoms with E-state index in [9.17, 15) is 14.4 Å². The summed E-state index contributed by atoms with van der Waals surface area (Å²) in [5.41, 5.74) is 0.902. The molecule has 1 aromatic rings. The molecule has 7 heteroatoms. The lowest BCUT2D eigenvalue weighted by atomic mass is 10.1. The number of aromatic nitrogens is 1. The van der Waals surface area contributed by atoms with Crippen LogP contribution in [-0.4, -0.2) is 28.7 Å². The fraction of sp³-hybridized carbons (Fsp3) is 0.333. The molecule has 1 aromatic heterocycles. The van der Waals surface area contributed by atoms with Crippen molar-refractivity contribution in [3.63, 3.8) is 0 Å². The Balaban J connectivity index is 2.09. The van der Waals surface area contributed by atoms with Crippen LogP contribution in [0.3, 0.4) is 0 Å². The number of nitrogens with zero attached hydrogens (tertiary/aromatic N) is 1. The quantitative estimate of drug-likeness (QED) is 0.776. The van der Waals surface area contributed by atoms with Gasteiger partial charge in [0.25, 0.3) is 5.91 Å². The number of halogens is 1. The summed E-state index contributed by atoms with van der Waals surface area (Å²) in [4.78, 5) is 38.5. The van der Waals surface area contributed by atoms with E-state index in [1.54, 1.807) is 13.0 Å². The van der Waals surface area contributed by atoms with Crippen LogP contribution >= 0.6 is 11.6 Å². The third-order valence-electron chi connectivity index (χ3n) is 2.78. The standard InChI is InChI=1S/C12H12ClN3O3/c1-6-4-8(13)7(5-14-6)11(18)15-9-2-3-10(17)16-12(9)19/h4-5,9H,2-3H2,1H3,(H,15,18)(H,16,17,19). The molecule has 0 radical (unpaired) electrons. The lowest BCUT2D eigenvalue weighted by Crippen LogP contribution is -2.52. The summed E-state index contributed by atoms with van der Waals surface area (Å²) < 4.78 is 0. The van der Waals surface area contributed by atoms with E-state index in [0.29, 0.717) is 5.69 Å². The Morgan fingerprint density at radius 3 is 2.89 bits per heavy atom. The number of amides is 3. The fourth-order valence-electron chi connectivity index (χ4n) is 1.76.